The van der Waals surface area contributed by atoms with Gasteiger partial charge >= 0.3 is 11.9 Å². The predicted molar refractivity (Wildman–Crippen MR) is 186 cm³/mol. The van der Waals surface area contributed by atoms with Crippen LogP contribution in [0, 0.1) is 56.2 Å². The lowest BCUT2D eigenvalue weighted by atomic mass is 9.33. The third-order valence-electron chi connectivity index (χ3n) is 16.1. The van der Waals surface area contributed by atoms with E-state index in [-0.39, 0.29) is 51.5 Å². The Bertz CT molecular complexity index is 1320. The number of carboxylic acids is 1. The number of allylic oxidation sites excluding steroid dienone is 2. The summed E-state index contributed by atoms with van der Waals surface area (Å²) in [7, 11) is 0. The van der Waals surface area contributed by atoms with Crippen molar-refractivity contribution in [2.45, 2.75) is 164 Å². The first-order valence-electron chi connectivity index (χ1n) is 19.3. The van der Waals surface area contributed by atoms with Crippen LogP contribution in [0.4, 0.5) is 0 Å². The Balaban J connectivity index is 1.26. The van der Waals surface area contributed by atoms with Gasteiger partial charge in [-0.25, -0.2) is 0 Å². The van der Waals surface area contributed by atoms with E-state index in [2.05, 4.69) is 53.8 Å². The number of esters is 1. The average molecular weight is 652 g/mol. The van der Waals surface area contributed by atoms with E-state index in [1.807, 2.05) is 0 Å². The summed E-state index contributed by atoms with van der Waals surface area (Å²) in [5, 5.41) is 13.4. The SMILES string of the molecule is CC(C)C1=C2C3CCC4C5(C)CCC(OC(=O)CC(C)(C)C(=O)O)C(C)(C)C5CCC4(C)C3(C)CCC2(CCNC2CCC2)CC1=O. The number of hydrogen-bond donors (Lipinski definition) is 2. The third-order valence-corrected chi connectivity index (χ3v) is 16.1. The number of nitrogens with one attached hydrogen (secondary N) is 1. The summed E-state index contributed by atoms with van der Waals surface area (Å²) in [4.78, 5) is 38.6. The highest BCUT2D eigenvalue weighted by Gasteiger charge is 2.70. The molecule has 6 aliphatic carbocycles. The van der Waals surface area contributed by atoms with E-state index in [1.165, 1.54) is 50.5 Å². The molecule has 0 heterocycles. The molecule has 0 aromatic rings. The van der Waals surface area contributed by atoms with Gasteiger partial charge in [0.25, 0.3) is 0 Å². The summed E-state index contributed by atoms with van der Waals surface area (Å²) in [6, 6.07) is 0.680. The average Bonchev–Trinajstić information content (AvgIpc) is 3.24. The Kier molecular flexibility index (Phi) is 8.74. The summed E-state index contributed by atoms with van der Waals surface area (Å²) >= 11 is 0. The number of hydrogen-bond acceptors (Lipinski definition) is 5. The maximum atomic E-state index is 13.9. The minimum Gasteiger partial charge on any atom is -0.481 e. The molecule has 6 aliphatic rings. The quantitative estimate of drug-likeness (QED) is 0.242. The number of ketones is 1. The second kappa shape index (κ2) is 11.7. The van der Waals surface area contributed by atoms with Crippen molar-refractivity contribution < 1.29 is 24.2 Å². The molecule has 5 saturated carbocycles. The lowest BCUT2D eigenvalue weighted by Crippen LogP contribution is -2.65. The van der Waals surface area contributed by atoms with E-state index in [0.717, 1.165) is 45.1 Å². The van der Waals surface area contributed by atoms with Gasteiger partial charge < -0.3 is 15.2 Å². The molecule has 0 radical (unpaired) electrons. The van der Waals surface area contributed by atoms with Crippen molar-refractivity contribution in [2.24, 2.45) is 56.2 Å². The van der Waals surface area contributed by atoms with Crippen LogP contribution < -0.4 is 5.32 Å². The second-order valence-corrected chi connectivity index (χ2v) is 19.5. The van der Waals surface area contributed by atoms with Crippen molar-refractivity contribution in [1.82, 2.24) is 5.32 Å². The van der Waals surface area contributed by atoms with Crippen LogP contribution in [0.15, 0.2) is 11.1 Å². The largest absolute Gasteiger partial charge is 0.481 e. The Morgan fingerprint density at radius 1 is 0.915 bits per heavy atom. The highest BCUT2D eigenvalue weighted by molar-refractivity contribution is 6.00. The summed E-state index contributed by atoms with van der Waals surface area (Å²) in [6.45, 7) is 21.2. The number of fused-ring (bicyclic) bond motifs is 7. The van der Waals surface area contributed by atoms with Gasteiger partial charge in [-0.1, -0.05) is 60.5 Å². The Hall–Kier alpha value is -1.69. The van der Waals surface area contributed by atoms with Crippen molar-refractivity contribution in [1.29, 1.82) is 0 Å². The normalized spacial score (nSPS) is 41.4. The van der Waals surface area contributed by atoms with Gasteiger partial charge in [-0.05, 0) is 137 Å². The van der Waals surface area contributed by atoms with Crippen LogP contribution in [-0.2, 0) is 19.1 Å². The molecule has 47 heavy (non-hydrogen) atoms. The van der Waals surface area contributed by atoms with Gasteiger partial charge in [0.15, 0.2) is 5.78 Å². The van der Waals surface area contributed by atoms with Crippen molar-refractivity contribution >= 4 is 17.7 Å². The zero-order chi connectivity index (χ0) is 34.4. The zero-order valence-corrected chi connectivity index (χ0v) is 31.2. The van der Waals surface area contributed by atoms with Crippen LogP contribution in [0.3, 0.4) is 0 Å². The summed E-state index contributed by atoms with van der Waals surface area (Å²) in [5.41, 5.74) is 2.00. The highest BCUT2D eigenvalue weighted by Crippen LogP contribution is 2.77. The smallest absolute Gasteiger partial charge is 0.309 e. The minimum atomic E-state index is -1.13. The van der Waals surface area contributed by atoms with Crippen LogP contribution in [0.1, 0.15) is 152 Å². The van der Waals surface area contributed by atoms with Gasteiger partial charge in [0, 0.05) is 23.3 Å². The summed E-state index contributed by atoms with van der Waals surface area (Å²) in [6.07, 6.45) is 14.4. The summed E-state index contributed by atoms with van der Waals surface area (Å²) in [5.74, 6) is 0.863. The molecule has 264 valence electrons. The van der Waals surface area contributed by atoms with E-state index < -0.39 is 11.4 Å². The molecule has 0 aromatic heterocycles. The molecular weight excluding hydrogens is 586 g/mol. The number of aliphatic carboxylic acids is 1. The minimum absolute atomic E-state index is 0.0427. The van der Waals surface area contributed by atoms with Gasteiger partial charge in [0.05, 0.1) is 11.8 Å². The molecule has 5 fully saturated rings. The highest BCUT2D eigenvalue weighted by atomic mass is 16.5. The Labute approximate surface area is 285 Å². The lowest BCUT2D eigenvalue weighted by molar-refractivity contribution is -0.233. The van der Waals surface area contributed by atoms with Crippen molar-refractivity contribution in [3.05, 3.63) is 11.1 Å². The molecule has 6 nitrogen and oxygen atoms in total. The first-order chi connectivity index (χ1) is 21.8. The van der Waals surface area contributed by atoms with Crippen molar-refractivity contribution in [3.8, 4) is 0 Å². The van der Waals surface area contributed by atoms with Crippen LogP contribution >= 0.6 is 0 Å². The monoisotopic (exact) mass is 651 g/mol. The number of carbonyl (C=O) groups excluding carboxylic acids is 2. The number of Topliss-reactive ketones (excluding diaryl/α,β-unsaturated/α-hetero) is 1. The number of rotatable bonds is 9. The molecule has 2 N–H and O–H groups in total. The van der Waals surface area contributed by atoms with E-state index in [4.69, 9.17) is 4.74 Å². The number of carbonyl (C=O) groups is 3. The van der Waals surface area contributed by atoms with E-state index in [1.54, 1.807) is 19.4 Å². The lowest BCUT2D eigenvalue weighted by Gasteiger charge is -2.72. The van der Waals surface area contributed by atoms with Crippen LogP contribution in [0.5, 0.6) is 0 Å². The van der Waals surface area contributed by atoms with E-state index >= 15 is 0 Å². The fraction of sp³-hybridized carbons (Fsp3) is 0.878. The summed E-state index contributed by atoms with van der Waals surface area (Å²) < 4.78 is 6.17. The van der Waals surface area contributed by atoms with Gasteiger partial charge in [-0.3, -0.25) is 14.4 Å². The fourth-order valence-electron chi connectivity index (χ4n) is 13.0. The second-order valence-electron chi connectivity index (χ2n) is 19.5. The van der Waals surface area contributed by atoms with E-state index in [9.17, 15) is 19.5 Å². The molecule has 6 rings (SSSR count). The molecule has 0 aromatic carbocycles. The standard InChI is InChI=1S/C41H65NO5/c1-25(2)33-28(43)23-41(21-22-42-26-11-10-12-26)20-19-39(8)27(34(33)41)13-14-30-38(7)17-16-31(47-32(44)24-36(3,4)35(45)46)37(5,6)29(38)15-18-40(30,39)9/h25-27,29-31,42H,10-24H2,1-9H3,(H,45,46). The first-order valence-corrected chi connectivity index (χ1v) is 19.3. The Morgan fingerprint density at radius 2 is 1.62 bits per heavy atom. The maximum absolute atomic E-state index is 13.9. The molecule has 8 atom stereocenters. The topological polar surface area (TPSA) is 92.7 Å². The predicted octanol–water partition coefficient (Wildman–Crippen LogP) is 8.91. The van der Waals surface area contributed by atoms with E-state index in [0.29, 0.717) is 29.6 Å². The third kappa shape index (κ3) is 5.30. The molecule has 0 spiro atoms. The molecule has 8 unspecified atom stereocenters. The first kappa shape index (κ1) is 35.1. The van der Waals surface area contributed by atoms with Crippen LogP contribution in [-0.4, -0.2) is 41.5 Å². The van der Waals surface area contributed by atoms with Gasteiger partial charge in [-0.2, -0.15) is 0 Å². The molecule has 0 amide bonds. The molecular formula is C41H65NO5. The molecule has 0 bridgehead atoms. The number of carboxylic acid groups (broad SMARTS) is 1. The number of ether oxygens (including phenoxy) is 1. The van der Waals surface area contributed by atoms with Crippen LogP contribution in [0.2, 0.25) is 0 Å². The molecule has 0 saturated heterocycles. The van der Waals surface area contributed by atoms with Crippen molar-refractivity contribution in [2.75, 3.05) is 6.54 Å². The van der Waals surface area contributed by atoms with Gasteiger partial charge in [0.1, 0.15) is 6.10 Å². The Morgan fingerprint density at radius 3 is 2.23 bits per heavy atom. The van der Waals surface area contributed by atoms with Gasteiger partial charge in [0.2, 0.25) is 0 Å². The fourth-order valence-corrected chi connectivity index (χ4v) is 13.0. The van der Waals surface area contributed by atoms with Gasteiger partial charge in [-0.15, -0.1) is 0 Å². The van der Waals surface area contributed by atoms with Crippen molar-refractivity contribution in [3.63, 3.8) is 0 Å². The molecule has 0 aliphatic heterocycles. The maximum Gasteiger partial charge on any atom is 0.309 e. The molecule has 6 heteroatoms. The zero-order valence-electron chi connectivity index (χ0n) is 31.2. The van der Waals surface area contributed by atoms with Crippen LogP contribution in [0.25, 0.3) is 0 Å².